The normalized spacial score (nSPS) is 13.2. The summed E-state index contributed by atoms with van der Waals surface area (Å²) in [5, 5.41) is 24.8. The van der Waals surface area contributed by atoms with Gasteiger partial charge in [-0.1, -0.05) is 73.7 Å². The second-order valence-electron chi connectivity index (χ2n) is 9.34. The summed E-state index contributed by atoms with van der Waals surface area (Å²) in [5.41, 5.74) is -3.78. The molecule has 2 N–H and O–H groups in total. The van der Waals surface area contributed by atoms with Crippen LogP contribution in [0.25, 0.3) is 0 Å². The van der Waals surface area contributed by atoms with Gasteiger partial charge >= 0.3 is 6.18 Å². The quantitative estimate of drug-likeness (QED) is 0.241. The highest BCUT2D eigenvalue weighted by Crippen LogP contribution is 2.38. The second kappa shape index (κ2) is 10.4. The molecule has 0 radical (unpaired) electrons. The number of aliphatic hydroxyl groups is 1. The number of nitro benzene ring substituents is 1. The first kappa shape index (κ1) is 27.4. The van der Waals surface area contributed by atoms with Crippen LogP contribution in [0.2, 0.25) is 0 Å². The number of nitrogens with zero attached hydrogens (tertiary/aromatic N) is 1. The zero-order chi connectivity index (χ0) is 27.4. The molecule has 0 aliphatic carbocycles. The topological polar surface area (TPSA) is 92.5 Å². The molecule has 0 aromatic heterocycles. The lowest BCUT2D eigenvalue weighted by molar-refractivity contribution is -0.388. The first-order valence-electron chi connectivity index (χ1n) is 11.3. The fourth-order valence-corrected chi connectivity index (χ4v) is 3.86. The number of carbonyl (C=O) groups excluding carboxylic acids is 1. The average Bonchev–Trinajstić information content (AvgIpc) is 2.83. The Balaban J connectivity index is 2.02. The minimum atomic E-state index is -5.03. The van der Waals surface area contributed by atoms with Gasteiger partial charge in [-0.3, -0.25) is 14.9 Å². The molecule has 0 bridgehead atoms. The number of carbonyl (C=O) groups is 1. The van der Waals surface area contributed by atoms with Gasteiger partial charge in [0.2, 0.25) is 5.60 Å². The van der Waals surface area contributed by atoms with E-state index in [4.69, 9.17) is 0 Å². The predicted molar refractivity (Wildman–Crippen MR) is 134 cm³/mol. The molecule has 6 nitrogen and oxygen atoms in total. The van der Waals surface area contributed by atoms with Crippen molar-refractivity contribution in [1.82, 2.24) is 0 Å². The largest absolute Gasteiger partial charge is 0.423 e. The summed E-state index contributed by atoms with van der Waals surface area (Å²) in [4.78, 5) is 23.2. The van der Waals surface area contributed by atoms with E-state index in [1.54, 1.807) is 12.1 Å². The van der Waals surface area contributed by atoms with Crippen molar-refractivity contribution < 1.29 is 28.0 Å². The highest BCUT2D eigenvalue weighted by Gasteiger charge is 2.42. The van der Waals surface area contributed by atoms with Crippen LogP contribution in [-0.4, -0.2) is 21.5 Å². The van der Waals surface area contributed by atoms with Crippen molar-refractivity contribution in [3.63, 3.8) is 0 Å². The van der Waals surface area contributed by atoms with Gasteiger partial charge in [0.15, 0.2) is 0 Å². The lowest BCUT2D eigenvalue weighted by Crippen LogP contribution is -2.46. The molecule has 3 aromatic rings. The highest BCUT2D eigenvalue weighted by atomic mass is 19.4. The van der Waals surface area contributed by atoms with Crippen molar-refractivity contribution >= 4 is 17.3 Å². The third kappa shape index (κ3) is 6.74. The van der Waals surface area contributed by atoms with E-state index in [9.17, 15) is 33.2 Å². The molecule has 0 saturated heterocycles. The second-order valence-corrected chi connectivity index (χ2v) is 9.34. The van der Waals surface area contributed by atoms with Crippen molar-refractivity contribution in [2.75, 3.05) is 5.32 Å². The van der Waals surface area contributed by atoms with E-state index in [0.29, 0.717) is 17.7 Å². The van der Waals surface area contributed by atoms with Crippen LogP contribution < -0.4 is 5.32 Å². The minimum Gasteiger partial charge on any atom is -0.369 e. The molecule has 192 valence electrons. The number of anilines is 1. The van der Waals surface area contributed by atoms with E-state index < -0.39 is 39.3 Å². The molecule has 1 atom stereocenters. The summed E-state index contributed by atoms with van der Waals surface area (Å²) in [6, 6.07) is 18.3. The van der Waals surface area contributed by atoms with E-state index in [2.05, 4.69) is 17.2 Å². The lowest BCUT2D eigenvalue weighted by atomic mass is 9.75. The Morgan fingerprint density at radius 2 is 1.65 bits per heavy atom. The summed E-state index contributed by atoms with van der Waals surface area (Å²) >= 11 is 0. The van der Waals surface area contributed by atoms with Gasteiger partial charge in [-0.25, -0.2) is 0 Å². The number of rotatable bonds is 6. The first-order valence-corrected chi connectivity index (χ1v) is 11.3. The number of amides is 1. The summed E-state index contributed by atoms with van der Waals surface area (Å²) in [7, 11) is 0. The molecular weight excluding hydrogens is 485 g/mol. The van der Waals surface area contributed by atoms with Gasteiger partial charge in [-0.15, -0.1) is 0 Å². The Kier molecular flexibility index (Phi) is 7.74. The van der Waals surface area contributed by atoms with Crippen LogP contribution in [0.15, 0.2) is 72.8 Å². The Morgan fingerprint density at radius 1 is 1.03 bits per heavy atom. The number of nitro groups is 1. The van der Waals surface area contributed by atoms with Gasteiger partial charge in [-0.2, -0.15) is 13.2 Å². The van der Waals surface area contributed by atoms with E-state index in [0.717, 1.165) is 17.2 Å². The van der Waals surface area contributed by atoms with Gasteiger partial charge in [0, 0.05) is 23.7 Å². The fourth-order valence-electron chi connectivity index (χ4n) is 3.86. The Morgan fingerprint density at radius 3 is 2.22 bits per heavy atom. The number of alkyl halides is 3. The van der Waals surface area contributed by atoms with Crippen LogP contribution >= 0.6 is 0 Å². The smallest absolute Gasteiger partial charge is 0.369 e. The maximum Gasteiger partial charge on any atom is 0.423 e. The average molecular weight is 511 g/mol. The van der Waals surface area contributed by atoms with Crippen LogP contribution in [0.3, 0.4) is 0 Å². The zero-order valence-electron chi connectivity index (χ0n) is 20.4. The van der Waals surface area contributed by atoms with E-state index in [-0.39, 0.29) is 12.1 Å². The molecule has 3 rings (SSSR count). The third-order valence-electron chi connectivity index (χ3n) is 5.85. The van der Waals surface area contributed by atoms with Crippen LogP contribution in [0.1, 0.15) is 42.5 Å². The van der Waals surface area contributed by atoms with Crippen molar-refractivity contribution in [1.29, 1.82) is 0 Å². The van der Waals surface area contributed by atoms with Gasteiger partial charge in [0.05, 0.1) is 4.92 Å². The molecule has 9 heteroatoms. The molecule has 1 unspecified atom stereocenters. The molecular formula is C28H25F3N2O4. The van der Waals surface area contributed by atoms with Gasteiger partial charge in [0.1, 0.15) is 5.56 Å². The minimum absolute atomic E-state index is 0.187. The first-order chi connectivity index (χ1) is 17.2. The van der Waals surface area contributed by atoms with Crippen LogP contribution in [0.4, 0.5) is 24.5 Å². The molecule has 0 spiro atoms. The number of halogens is 3. The maximum absolute atomic E-state index is 13.4. The highest BCUT2D eigenvalue weighted by molar-refractivity contribution is 6.00. The van der Waals surface area contributed by atoms with Gasteiger partial charge in [-0.05, 0) is 42.2 Å². The monoisotopic (exact) mass is 510 g/mol. The third-order valence-corrected chi connectivity index (χ3v) is 5.85. The Labute approximate surface area is 212 Å². The van der Waals surface area contributed by atoms with Crippen molar-refractivity contribution in [2.45, 2.75) is 44.4 Å². The molecule has 37 heavy (non-hydrogen) atoms. The molecule has 3 aromatic carbocycles. The molecule has 0 fully saturated rings. The van der Waals surface area contributed by atoms with Crippen molar-refractivity contribution in [2.24, 2.45) is 0 Å². The van der Waals surface area contributed by atoms with Crippen LogP contribution in [0, 0.1) is 28.9 Å². The summed E-state index contributed by atoms with van der Waals surface area (Å²) < 4.78 is 40.3. The number of hydrogen-bond acceptors (Lipinski definition) is 4. The SMILES string of the molecule is Cc1ccc(C#CC(O)(CC(C)(C)c2ccccc2)C(=O)Nc2ccc([N+](=O)[O-])c(C(F)(F)F)c2)cc1. The summed E-state index contributed by atoms with van der Waals surface area (Å²) in [5.74, 6) is 4.34. The summed E-state index contributed by atoms with van der Waals surface area (Å²) in [6.45, 7) is 5.51. The van der Waals surface area contributed by atoms with Crippen molar-refractivity contribution in [3.05, 3.63) is 105 Å². The standard InChI is InChI=1S/C28H25F3N2O4/c1-19-9-11-20(12-10-19)15-16-27(35,18-26(2,3)21-7-5-4-6-8-21)25(34)32-22-13-14-24(33(36)37)23(17-22)28(29,30)31/h4-14,17,35H,18H2,1-3H3,(H,32,34). The molecule has 0 aliphatic rings. The Hall–Kier alpha value is -4.16. The molecule has 0 aliphatic heterocycles. The van der Waals surface area contributed by atoms with Crippen LogP contribution in [0.5, 0.6) is 0 Å². The zero-order valence-corrected chi connectivity index (χ0v) is 20.4. The fraction of sp³-hybridized carbons (Fsp3) is 0.250. The summed E-state index contributed by atoms with van der Waals surface area (Å²) in [6.07, 6.45) is -5.21. The lowest BCUT2D eigenvalue weighted by Gasteiger charge is -2.32. The molecule has 0 saturated carbocycles. The van der Waals surface area contributed by atoms with E-state index in [1.807, 2.05) is 63.2 Å². The number of aryl methyl sites for hydroxylation is 1. The van der Waals surface area contributed by atoms with E-state index in [1.165, 1.54) is 0 Å². The van der Waals surface area contributed by atoms with Gasteiger partial charge in [0.25, 0.3) is 11.6 Å². The Bertz CT molecular complexity index is 1360. The number of benzene rings is 3. The van der Waals surface area contributed by atoms with Crippen molar-refractivity contribution in [3.8, 4) is 11.8 Å². The number of hydrogen-bond donors (Lipinski definition) is 2. The molecule has 1 amide bonds. The molecule has 0 heterocycles. The van der Waals surface area contributed by atoms with E-state index >= 15 is 0 Å². The van der Waals surface area contributed by atoms with Crippen LogP contribution in [-0.2, 0) is 16.4 Å². The predicted octanol–water partition coefficient (Wildman–Crippen LogP) is 6.01. The maximum atomic E-state index is 13.4. The number of nitrogens with one attached hydrogen (secondary N) is 1. The van der Waals surface area contributed by atoms with Gasteiger partial charge < -0.3 is 10.4 Å².